The van der Waals surface area contributed by atoms with Gasteiger partial charge in [0.25, 0.3) is 11.1 Å². The van der Waals surface area contributed by atoms with E-state index in [-0.39, 0.29) is 11.1 Å². The van der Waals surface area contributed by atoms with Gasteiger partial charge in [-0.05, 0) is 139 Å². The fraction of sp³-hybridized carbons (Fsp3) is 0.0435. The number of ether oxygens (including phenoxy) is 1. The van der Waals surface area contributed by atoms with Gasteiger partial charge in [-0.1, -0.05) is 29.8 Å². The van der Waals surface area contributed by atoms with Crippen molar-refractivity contribution in [1.29, 1.82) is 0 Å². The average Bonchev–Trinajstić information content (AvgIpc) is 3.01. The molecule has 2 amide bonds. The summed E-state index contributed by atoms with van der Waals surface area (Å²) in [6.07, 6.45) is 1.74. The zero-order chi connectivity index (χ0) is 22.8. The molecular formula is C23H13ClI3NO3S. The molecule has 3 aromatic rings. The molecule has 0 spiro atoms. The Labute approximate surface area is 235 Å². The standard InChI is InChI=1S/C23H13ClI3NO3S/c24-15-2-1-3-17(11-15)28-22(29)20(32-23(28)30)10-14-8-18(26)21(19(27)9-14)31-12-13-4-6-16(25)7-5-13/h1-11H,12H2/b20-10+. The minimum absolute atomic E-state index is 0.342. The van der Waals surface area contributed by atoms with E-state index in [0.717, 1.165) is 40.7 Å². The molecule has 0 aromatic heterocycles. The molecule has 0 N–H and O–H groups in total. The highest BCUT2D eigenvalue weighted by molar-refractivity contribution is 14.1. The van der Waals surface area contributed by atoms with E-state index in [1.54, 1.807) is 30.3 Å². The molecule has 0 radical (unpaired) electrons. The van der Waals surface area contributed by atoms with Gasteiger partial charge in [0.05, 0.1) is 17.7 Å². The van der Waals surface area contributed by atoms with Crippen molar-refractivity contribution in [2.75, 3.05) is 4.90 Å². The van der Waals surface area contributed by atoms with Gasteiger partial charge in [-0.2, -0.15) is 0 Å². The molecule has 32 heavy (non-hydrogen) atoms. The molecule has 1 saturated heterocycles. The van der Waals surface area contributed by atoms with Gasteiger partial charge in [0, 0.05) is 8.59 Å². The fourth-order valence-electron chi connectivity index (χ4n) is 2.99. The number of hydrogen-bond donors (Lipinski definition) is 0. The molecule has 1 fully saturated rings. The van der Waals surface area contributed by atoms with Crippen LogP contribution in [0.5, 0.6) is 5.75 Å². The Bertz CT molecular complexity index is 1220. The first-order valence-electron chi connectivity index (χ1n) is 9.21. The maximum absolute atomic E-state index is 12.9. The van der Waals surface area contributed by atoms with Crippen molar-refractivity contribution in [1.82, 2.24) is 0 Å². The van der Waals surface area contributed by atoms with Crippen molar-refractivity contribution >= 4 is 114 Å². The summed E-state index contributed by atoms with van der Waals surface area (Å²) in [4.78, 5) is 26.9. The van der Waals surface area contributed by atoms with Gasteiger partial charge in [-0.3, -0.25) is 9.59 Å². The number of benzene rings is 3. The van der Waals surface area contributed by atoms with E-state index >= 15 is 0 Å². The lowest BCUT2D eigenvalue weighted by Crippen LogP contribution is -2.27. The zero-order valence-corrected chi connectivity index (χ0v) is 24.2. The molecule has 0 unspecified atom stereocenters. The Morgan fingerprint density at radius 3 is 2.31 bits per heavy atom. The summed E-state index contributed by atoms with van der Waals surface area (Å²) in [6, 6.07) is 18.8. The summed E-state index contributed by atoms with van der Waals surface area (Å²) < 4.78 is 9.10. The molecule has 0 atom stereocenters. The number of rotatable bonds is 5. The van der Waals surface area contributed by atoms with E-state index < -0.39 is 0 Å². The van der Waals surface area contributed by atoms with Crippen molar-refractivity contribution in [3.8, 4) is 5.75 Å². The van der Waals surface area contributed by atoms with Crippen molar-refractivity contribution in [3.63, 3.8) is 0 Å². The van der Waals surface area contributed by atoms with E-state index in [0.29, 0.717) is 22.2 Å². The van der Waals surface area contributed by atoms with Crippen LogP contribution in [0.2, 0.25) is 5.02 Å². The molecule has 0 saturated carbocycles. The number of anilines is 1. The predicted molar refractivity (Wildman–Crippen MR) is 155 cm³/mol. The Hall–Kier alpha value is -0.830. The summed E-state index contributed by atoms with van der Waals surface area (Å²) >= 11 is 13.7. The van der Waals surface area contributed by atoms with Gasteiger partial charge in [-0.15, -0.1) is 0 Å². The molecule has 1 heterocycles. The average molecular weight is 800 g/mol. The number of thioether (sulfide) groups is 1. The van der Waals surface area contributed by atoms with Crippen LogP contribution in [0.3, 0.4) is 0 Å². The van der Waals surface area contributed by atoms with Gasteiger partial charge in [-0.25, -0.2) is 4.90 Å². The monoisotopic (exact) mass is 799 g/mol. The van der Waals surface area contributed by atoms with Crippen molar-refractivity contribution < 1.29 is 14.3 Å². The minimum Gasteiger partial charge on any atom is -0.487 e. The smallest absolute Gasteiger partial charge is 0.298 e. The first kappa shape index (κ1) is 24.3. The fourth-order valence-corrected chi connectivity index (χ4v) is 6.51. The number of amides is 2. The maximum Gasteiger partial charge on any atom is 0.298 e. The number of halogens is 4. The minimum atomic E-state index is -0.355. The summed E-state index contributed by atoms with van der Waals surface area (Å²) in [5.74, 6) is 0.445. The highest BCUT2D eigenvalue weighted by Gasteiger charge is 2.36. The van der Waals surface area contributed by atoms with Crippen LogP contribution in [0.1, 0.15) is 11.1 Å². The van der Waals surface area contributed by atoms with E-state index in [1.165, 1.54) is 3.57 Å². The van der Waals surface area contributed by atoms with Crippen LogP contribution in [0.4, 0.5) is 10.5 Å². The molecule has 4 rings (SSSR count). The molecule has 9 heteroatoms. The third kappa shape index (κ3) is 5.62. The summed E-state index contributed by atoms with van der Waals surface area (Å²) in [7, 11) is 0. The van der Waals surface area contributed by atoms with E-state index in [1.807, 2.05) is 24.3 Å². The molecular weight excluding hydrogens is 786 g/mol. The highest BCUT2D eigenvalue weighted by atomic mass is 127. The quantitative estimate of drug-likeness (QED) is 0.194. The van der Waals surface area contributed by atoms with E-state index in [4.69, 9.17) is 16.3 Å². The molecule has 3 aromatic carbocycles. The lowest BCUT2D eigenvalue weighted by molar-refractivity contribution is -0.113. The normalized spacial score (nSPS) is 15.0. The second kappa shape index (κ2) is 10.6. The molecule has 0 aliphatic carbocycles. The van der Waals surface area contributed by atoms with Crippen LogP contribution in [0.25, 0.3) is 6.08 Å². The second-order valence-electron chi connectivity index (χ2n) is 6.73. The van der Waals surface area contributed by atoms with E-state index in [2.05, 4.69) is 79.9 Å². The number of hydrogen-bond acceptors (Lipinski definition) is 4. The van der Waals surface area contributed by atoms with Gasteiger partial charge >= 0.3 is 0 Å². The van der Waals surface area contributed by atoms with Crippen LogP contribution in [-0.4, -0.2) is 11.1 Å². The molecule has 162 valence electrons. The number of nitrogens with zero attached hydrogens (tertiary/aromatic N) is 1. The van der Waals surface area contributed by atoms with Crippen molar-refractivity contribution in [3.05, 3.63) is 92.4 Å². The Kier molecular flexibility index (Phi) is 8.06. The van der Waals surface area contributed by atoms with Crippen molar-refractivity contribution in [2.24, 2.45) is 0 Å². The lowest BCUT2D eigenvalue weighted by Gasteiger charge is -2.13. The van der Waals surface area contributed by atoms with Crippen LogP contribution < -0.4 is 9.64 Å². The predicted octanol–water partition coefficient (Wildman–Crippen LogP) is 7.97. The number of imide groups is 1. The summed E-state index contributed by atoms with van der Waals surface area (Å²) in [5, 5.41) is 0.126. The van der Waals surface area contributed by atoms with Crippen LogP contribution in [-0.2, 0) is 11.4 Å². The highest BCUT2D eigenvalue weighted by Crippen LogP contribution is 2.37. The number of carbonyl (C=O) groups is 2. The Morgan fingerprint density at radius 2 is 1.66 bits per heavy atom. The van der Waals surface area contributed by atoms with Gasteiger partial charge in [0.2, 0.25) is 0 Å². The molecule has 4 nitrogen and oxygen atoms in total. The largest absolute Gasteiger partial charge is 0.487 e. The zero-order valence-electron chi connectivity index (χ0n) is 16.2. The SMILES string of the molecule is O=C1S/C(=C/c2cc(I)c(OCc3ccc(I)cc3)c(I)c2)C(=O)N1c1cccc(Cl)c1. The Morgan fingerprint density at radius 1 is 0.969 bits per heavy atom. The van der Waals surface area contributed by atoms with Crippen LogP contribution in [0, 0.1) is 10.7 Å². The van der Waals surface area contributed by atoms with Crippen molar-refractivity contribution in [2.45, 2.75) is 6.61 Å². The van der Waals surface area contributed by atoms with Crippen LogP contribution >= 0.6 is 91.1 Å². The molecule has 1 aliphatic heterocycles. The third-order valence-electron chi connectivity index (χ3n) is 4.47. The maximum atomic E-state index is 12.9. The number of carbonyl (C=O) groups excluding carboxylic acids is 2. The summed E-state index contributed by atoms with van der Waals surface area (Å²) in [5.41, 5.74) is 2.39. The molecule has 0 bridgehead atoms. The van der Waals surface area contributed by atoms with Crippen LogP contribution in [0.15, 0.2) is 65.6 Å². The first-order chi connectivity index (χ1) is 15.3. The van der Waals surface area contributed by atoms with Gasteiger partial charge in [0.15, 0.2) is 0 Å². The third-order valence-corrected chi connectivity index (χ3v) is 7.90. The molecule has 1 aliphatic rings. The van der Waals surface area contributed by atoms with Gasteiger partial charge < -0.3 is 4.74 Å². The lowest BCUT2D eigenvalue weighted by atomic mass is 10.2. The summed E-state index contributed by atoms with van der Waals surface area (Å²) in [6.45, 7) is 0.473. The second-order valence-corrected chi connectivity index (χ2v) is 11.7. The first-order valence-corrected chi connectivity index (χ1v) is 13.6. The van der Waals surface area contributed by atoms with E-state index in [9.17, 15) is 9.59 Å². The topological polar surface area (TPSA) is 46.6 Å². The Balaban J connectivity index is 1.54. The van der Waals surface area contributed by atoms with Gasteiger partial charge in [0.1, 0.15) is 12.4 Å².